The van der Waals surface area contributed by atoms with E-state index in [-0.39, 0.29) is 18.6 Å². The number of urea groups is 1. The smallest absolute Gasteiger partial charge is 0.312 e. The molecule has 3 N–H and O–H groups in total. The van der Waals surface area contributed by atoms with Crippen molar-refractivity contribution in [3.05, 3.63) is 24.3 Å². The standard InChI is InChI=1S/C15H21N3O4/c1-21-11-2-4-12(5-3-11)22-13-6-8-18(9-7-13)14(19)10-17-15(16)20/h2-5,13H,6-10H2,1H3,(H3,16,17,20). The van der Waals surface area contributed by atoms with Crippen LogP contribution in [0.2, 0.25) is 0 Å². The Morgan fingerprint density at radius 1 is 1.23 bits per heavy atom. The number of ether oxygens (including phenoxy) is 2. The van der Waals surface area contributed by atoms with Crippen LogP contribution in [0.1, 0.15) is 12.8 Å². The molecule has 1 aliphatic rings. The van der Waals surface area contributed by atoms with Crippen molar-refractivity contribution < 1.29 is 19.1 Å². The van der Waals surface area contributed by atoms with Gasteiger partial charge >= 0.3 is 6.03 Å². The quantitative estimate of drug-likeness (QED) is 0.838. The van der Waals surface area contributed by atoms with Gasteiger partial charge in [0.2, 0.25) is 5.91 Å². The molecule has 0 radical (unpaired) electrons. The van der Waals surface area contributed by atoms with Crippen molar-refractivity contribution in [2.75, 3.05) is 26.7 Å². The van der Waals surface area contributed by atoms with Gasteiger partial charge in [0.05, 0.1) is 13.7 Å². The van der Waals surface area contributed by atoms with E-state index in [1.165, 1.54) is 0 Å². The second-order valence-corrected chi connectivity index (χ2v) is 5.09. The molecule has 120 valence electrons. The molecule has 1 saturated heterocycles. The molecule has 0 aromatic heterocycles. The lowest BCUT2D eigenvalue weighted by Gasteiger charge is -2.32. The molecule has 7 heteroatoms. The summed E-state index contributed by atoms with van der Waals surface area (Å²) in [6.45, 7) is 1.17. The fraction of sp³-hybridized carbons (Fsp3) is 0.467. The van der Waals surface area contributed by atoms with Crippen LogP contribution in [0.5, 0.6) is 11.5 Å². The summed E-state index contributed by atoms with van der Waals surface area (Å²) in [6, 6.07) is 6.75. The zero-order valence-corrected chi connectivity index (χ0v) is 12.6. The maximum absolute atomic E-state index is 11.8. The second-order valence-electron chi connectivity index (χ2n) is 5.09. The highest BCUT2D eigenvalue weighted by Crippen LogP contribution is 2.21. The normalized spacial score (nSPS) is 15.2. The van der Waals surface area contributed by atoms with Gasteiger partial charge in [0.1, 0.15) is 17.6 Å². The van der Waals surface area contributed by atoms with Gasteiger partial charge in [-0.25, -0.2) is 4.79 Å². The number of hydrogen-bond donors (Lipinski definition) is 2. The van der Waals surface area contributed by atoms with Crippen molar-refractivity contribution in [2.45, 2.75) is 18.9 Å². The minimum Gasteiger partial charge on any atom is -0.497 e. The van der Waals surface area contributed by atoms with Gasteiger partial charge in [0, 0.05) is 25.9 Å². The van der Waals surface area contributed by atoms with E-state index in [0.29, 0.717) is 13.1 Å². The van der Waals surface area contributed by atoms with Gasteiger partial charge in [-0.1, -0.05) is 0 Å². The van der Waals surface area contributed by atoms with Crippen LogP contribution in [-0.2, 0) is 4.79 Å². The van der Waals surface area contributed by atoms with E-state index in [1.54, 1.807) is 12.0 Å². The number of likely N-dealkylation sites (tertiary alicyclic amines) is 1. The van der Waals surface area contributed by atoms with Crippen molar-refractivity contribution in [1.82, 2.24) is 10.2 Å². The van der Waals surface area contributed by atoms with Gasteiger partial charge in [-0.05, 0) is 24.3 Å². The minimum atomic E-state index is -0.689. The first kappa shape index (κ1) is 15.9. The first-order valence-corrected chi connectivity index (χ1v) is 7.20. The number of carbonyl (C=O) groups excluding carboxylic acids is 2. The number of nitrogens with zero attached hydrogens (tertiary/aromatic N) is 1. The largest absolute Gasteiger partial charge is 0.497 e. The van der Waals surface area contributed by atoms with Crippen molar-refractivity contribution in [3.63, 3.8) is 0 Å². The molecule has 1 aromatic rings. The molecule has 0 aliphatic carbocycles. The Bertz CT molecular complexity index is 510. The Hall–Kier alpha value is -2.44. The van der Waals surface area contributed by atoms with Crippen LogP contribution in [0.15, 0.2) is 24.3 Å². The van der Waals surface area contributed by atoms with E-state index in [1.807, 2.05) is 24.3 Å². The number of benzene rings is 1. The lowest BCUT2D eigenvalue weighted by atomic mass is 10.1. The molecule has 7 nitrogen and oxygen atoms in total. The zero-order chi connectivity index (χ0) is 15.9. The molecule has 22 heavy (non-hydrogen) atoms. The first-order valence-electron chi connectivity index (χ1n) is 7.20. The van der Waals surface area contributed by atoms with Gasteiger partial charge < -0.3 is 25.4 Å². The van der Waals surface area contributed by atoms with Gasteiger partial charge in [0.15, 0.2) is 0 Å². The number of piperidine rings is 1. The summed E-state index contributed by atoms with van der Waals surface area (Å²) in [5.41, 5.74) is 4.95. The van der Waals surface area contributed by atoms with Gasteiger partial charge in [-0.3, -0.25) is 4.79 Å². The van der Waals surface area contributed by atoms with Crippen molar-refractivity contribution in [3.8, 4) is 11.5 Å². The average molecular weight is 307 g/mol. The molecule has 0 unspecified atom stereocenters. The summed E-state index contributed by atoms with van der Waals surface area (Å²) in [5.74, 6) is 1.46. The molecular weight excluding hydrogens is 286 g/mol. The predicted molar refractivity (Wildman–Crippen MR) is 80.8 cm³/mol. The number of nitrogens with one attached hydrogen (secondary N) is 1. The maximum atomic E-state index is 11.8. The molecule has 1 heterocycles. The number of amides is 3. The van der Waals surface area contributed by atoms with Crippen LogP contribution in [0.25, 0.3) is 0 Å². The number of hydrogen-bond acceptors (Lipinski definition) is 4. The number of carbonyl (C=O) groups is 2. The van der Waals surface area contributed by atoms with Crippen molar-refractivity contribution in [2.24, 2.45) is 5.73 Å². The highest BCUT2D eigenvalue weighted by atomic mass is 16.5. The summed E-state index contributed by atoms with van der Waals surface area (Å²) < 4.78 is 11.0. The first-order chi connectivity index (χ1) is 10.6. The summed E-state index contributed by atoms with van der Waals surface area (Å²) in [7, 11) is 1.62. The minimum absolute atomic E-state index is 0.0562. The van der Waals surface area contributed by atoms with E-state index >= 15 is 0 Å². The highest BCUT2D eigenvalue weighted by molar-refractivity contribution is 5.83. The Morgan fingerprint density at radius 2 is 1.82 bits per heavy atom. The molecule has 1 fully saturated rings. The molecule has 0 bridgehead atoms. The Morgan fingerprint density at radius 3 is 2.36 bits per heavy atom. The Kier molecular flexibility index (Phi) is 5.46. The van der Waals surface area contributed by atoms with E-state index in [4.69, 9.17) is 15.2 Å². The topological polar surface area (TPSA) is 93.9 Å². The average Bonchev–Trinajstić information content (AvgIpc) is 2.54. The van der Waals surface area contributed by atoms with Crippen molar-refractivity contribution >= 4 is 11.9 Å². The molecule has 1 aromatic carbocycles. The van der Waals surface area contributed by atoms with Gasteiger partial charge in [-0.15, -0.1) is 0 Å². The third-order valence-corrected chi connectivity index (χ3v) is 3.57. The third kappa shape index (κ3) is 4.54. The van der Waals surface area contributed by atoms with Crippen LogP contribution in [0.4, 0.5) is 4.79 Å². The maximum Gasteiger partial charge on any atom is 0.312 e. The van der Waals surface area contributed by atoms with Crippen LogP contribution in [0, 0.1) is 0 Å². The number of nitrogens with two attached hydrogens (primary N) is 1. The SMILES string of the molecule is COc1ccc(OC2CCN(C(=O)CNC(N)=O)CC2)cc1. The molecule has 3 amide bonds. The molecule has 0 saturated carbocycles. The lowest BCUT2D eigenvalue weighted by molar-refractivity contribution is -0.131. The summed E-state index contributed by atoms with van der Waals surface area (Å²) in [4.78, 5) is 24.2. The fourth-order valence-electron chi connectivity index (χ4n) is 2.34. The molecule has 2 rings (SSSR count). The van der Waals surface area contributed by atoms with E-state index < -0.39 is 6.03 Å². The molecular formula is C15H21N3O4. The molecule has 0 spiro atoms. The lowest BCUT2D eigenvalue weighted by Crippen LogP contribution is -2.46. The van der Waals surface area contributed by atoms with Crippen LogP contribution in [-0.4, -0.2) is 49.7 Å². The van der Waals surface area contributed by atoms with Crippen LogP contribution in [0.3, 0.4) is 0 Å². The summed E-state index contributed by atoms with van der Waals surface area (Å²) in [6.07, 6.45) is 1.60. The van der Waals surface area contributed by atoms with E-state index in [0.717, 1.165) is 24.3 Å². The van der Waals surface area contributed by atoms with Crippen molar-refractivity contribution in [1.29, 1.82) is 0 Å². The van der Waals surface area contributed by atoms with Crippen LogP contribution >= 0.6 is 0 Å². The Labute approximate surface area is 129 Å². The second kappa shape index (κ2) is 7.53. The molecule has 0 atom stereocenters. The molecule has 1 aliphatic heterocycles. The number of methoxy groups -OCH3 is 1. The summed E-state index contributed by atoms with van der Waals surface area (Å²) >= 11 is 0. The van der Waals surface area contributed by atoms with E-state index in [2.05, 4.69) is 5.32 Å². The number of primary amides is 1. The zero-order valence-electron chi connectivity index (χ0n) is 12.6. The monoisotopic (exact) mass is 307 g/mol. The number of rotatable bonds is 5. The third-order valence-electron chi connectivity index (χ3n) is 3.57. The fourth-order valence-corrected chi connectivity index (χ4v) is 2.34. The van der Waals surface area contributed by atoms with Gasteiger partial charge in [0.25, 0.3) is 0 Å². The predicted octanol–water partition coefficient (Wildman–Crippen LogP) is 0.733. The highest BCUT2D eigenvalue weighted by Gasteiger charge is 2.23. The van der Waals surface area contributed by atoms with E-state index in [9.17, 15) is 9.59 Å². The summed E-state index contributed by atoms with van der Waals surface area (Å²) in [5, 5.41) is 2.31. The van der Waals surface area contributed by atoms with Crippen LogP contribution < -0.4 is 20.5 Å². The van der Waals surface area contributed by atoms with Gasteiger partial charge in [-0.2, -0.15) is 0 Å². The Balaban J connectivity index is 1.76.